The summed E-state index contributed by atoms with van der Waals surface area (Å²) in [6.07, 6.45) is 0. The van der Waals surface area contributed by atoms with Gasteiger partial charge in [0.15, 0.2) is 23.3 Å². The van der Waals surface area contributed by atoms with E-state index in [2.05, 4.69) is 0 Å². The zero-order valence-electron chi connectivity index (χ0n) is 17.7. The monoisotopic (exact) mass is 527 g/mol. The Bertz CT molecular complexity index is 1550. The first kappa shape index (κ1) is 24.6. The Morgan fingerprint density at radius 2 is 1.43 bits per heavy atom. The molecular formula is C23H14F5NO4S2. The highest BCUT2D eigenvalue weighted by Crippen LogP contribution is 2.41. The predicted molar refractivity (Wildman–Crippen MR) is 120 cm³/mol. The van der Waals surface area contributed by atoms with Gasteiger partial charge in [0.25, 0.3) is 10.0 Å². The molecule has 0 bridgehead atoms. The van der Waals surface area contributed by atoms with Gasteiger partial charge in [-0.25, -0.2) is 35.2 Å². The summed E-state index contributed by atoms with van der Waals surface area (Å²) in [5.41, 5.74) is -1.14. The number of anilines is 1. The second kappa shape index (κ2) is 8.93. The average Bonchev–Trinajstić information content (AvgIpc) is 3.17. The van der Waals surface area contributed by atoms with Crippen LogP contribution in [0.4, 0.5) is 27.0 Å². The zero-order valence-corrected chi connectivity index (χ0v) is 19.3. The number of hydrogen-bond acceptors (Lipinski definition) is 4. The Morgan fingerprint density at radius 3 is 1.97 bits per heavy atom. The van der Waals surface area contributed by atoms with Crippen molar-refractivity contribution in [3.05, 3.63) is 94.3 Å². The van der Waals surface area contributed by atoms with Crippen LogP contribution in [0.1, 0.15) is 21.5 Å². The van der Waals surface area contributed by atoms with E-state index < -0.39 is 62.1 Å². The molecule has 0 aliphatic carbocycles. The lowest BCUT2D eigenvalue weighted by molar-refractivity contribution is 0.0696. The third-order valence-electron chi connectivity index (χ3n) is 5.34. The molecule has 0 amide bonds. The maximum absolute atomic E-state index is 14.5. The number of carboxylic acids is 1. The Hall–Kier alpha value is -3.51. The minimum absolute atomic E-state index is 0.00236. The smallest absolute Gasteiger partial charge is 0.335 e. The molecule has 182 valence electrons. The topological polar surface area (TPSA) is 74.7 Å². The molecule has 4 rings (SSSR count). The SMILES string of the molecule is Cc1c(N(Cc2c(F)c(F)c(F)c(F)c2F)S(=O)(=O)c2ccc(C(=O)O)cc2)sc2ccccc12. The molecule has 3 aromatic carbocycles. The van der Waals surface area contributed by atoms with E-state index in [-0.39, 0.29) is 10.6 Å². The summed E-state index contributed by atoms with van der Waals surface area (Å²) in [6, 6.07) is 10.7. The van der Waals surface area contributed by atoms with Gasteiger partial charge in [-0.15, -0.1) is 11.3 Å². The summed E-state index contributed by atoms with van der Waals surface area (Å²) < 4.78 is 98.7. The van der Waals surface area contributed by atoms with Crippen LogP contribution >= 0.6 is 11.3 Å². The average molecular weight is 527 g/mol. The molecule has 0 fully saturated rings. The Morgan fingerprint density at radius 1 is 0.886 bits per heavy atom. The summed E-state index contributed by atoms with van der Waals surface area (Å²) >= 11 is 0.950. The van der Waals surface area contributed by atoms with E-state index in [9.17, 15) is 35.2 Å². The number of carboxylic acid groups (broad SMARTS) is 1. The number of halogens is 5. The van der Waals surface area contributed by atoms with Gasteiger partial charge in [0, 0.05) is 4.70 Å². The third kappa shape index (κ3) is 4.12. The van der Waals surface area contributed by atoms with Crippen molar-refractivity contribution in [3.8, 4) is 0 Å². The molecule has 0 saturated heterocycles. The number of carbonyl (C=O) groups is 1. The molecule has 0 radical (unpaired) electrons. The van der Waals surface area contributed by atoms with Gasteiger partial charge in [-0.1, -0.05) is 18.2 Å². The maximum Gasteiger partial charge on any atom is 0.335 e. The molecule has 1 heterocycles. The first-order valence-electron chi connectivity index (χ1n) is 9.79. The fraction of sp³-hybridized carbons (Fsp3) is 0.0870. The Balaban J connectivity index is 1.95. The molecule has 0 atom stereocenters. The largest absolute Gasteiger partial charge is 0.478 e. The van der Waals surface area contributed by atoms with Crippen molar-refractivity contribution in [1.82, 2.24) is 0 Å². The van der Waals surface area contributed by atoms with Gasteiger partial charge in [-0.05, 0) is 48.2 Å². The van der Waals surface area contributed by atoms with Crippen molar-refractivity contribution in [2.75, 3.05) is 4.31 Å². The lowest BCUT2D eigenvalue weighted by Crippen LogP contribution is -2.31. The van der Waals surface area contributed by atoms with E-state index in [0.717, 1.165) is 35.6 Å². The zero-order chi connectivity index (χ0) is 25.7. The highest BCUT2D eigenvalue weighted by Gasteiger charge is 2.33. The molecule has 1 N–H and O–H groups in total. The highest BCUT2D eigenvalue weighted by molar-refractivity contribution is 7.93. The van der Waals surface area contributed by atoms with Crippen molar-refractivity contribution < 1.29 is 40.3 Å². The van der Waals surface area contributed by atoms with Crippen molar-refractivity contribution in [3.63, 3.8) is 0 Å². The number of aromatic carboxylic acids is 1. The molecular weight excluding hydrogens is 513 g/mol. The van der Waals surface area contributed by atoms with E-state index in [0.29, 0.717) is 20.0 Å². The van der Waals surface area contributed by atoms with E-state index >= 15 is 0 Å². The second-order valence-corrected chi connectivity index (χ2v) is 10.3. The van der Waals surface area contributed by atoms with Gasteiger partial charge in [0.05, 0.1) is 22.6 Å². The van der Waals surface area contributed by atoms with Gasteiger partial charge in [-0.3, -0.25) is 4.31 Å². The minimum atomic E-state index is -4.66. The number of thiophene rings is 1. The Labute approximate surface area is 199 Å². The second-order valence-electron chi connectivity index (χ2n) is 7.42. The summed E-state index contributed by atoms with van der Waals surface area (Å²) in [4.78, 5) is 10.7. The molecule has 0 spiro atoms. The molecule has 12 heteroatoms. The molecule has 0 aliphatic heterocycles. The Kier molecular flexibility index (Phi) is 6.28. The summed E-state index contributed by atoms with van der Waals surface area (Å²) in [6.45, 7) is 0.352. The van der Waals surface area contributed by atoms with Gasteiger partial charge in [0.2, 0.25) is 5.82 Å². The third-order valence-corrected chi connectivity index (χ3v) is 8.51. The van der Waals surface area contributed by atoms with Gasteiger partial charge in [-0.2, -0.15) is 0 Å². The van der Waals surface area contributed by atoms with E-state index in [4.69, 9.17) is 5.11 Å². The highest BCUT2D eigenvalue weighted by atomic mass is 32.2. The van der Waals surface area contributed by atoms with Crippen LogP contribution in [0.15, 0.2) is 53.4 Å². The van der Waals surface area contributed by atoms with Gasteiger partial charge in [0.1, 0.15) is 5.00 Å². The first-order chi connectivity index (χ1) is 16.4. The minimum Gasteiger partial charge on any atom is -0.478 e. The van der Waals surface area contributed by atoms with Crippen LogP contribution < -0.4 is 4.31 Å². The molecule has 1 aromatic heterocycles. The quantitative estimate of drug-likeness (QED) is 0.190. The van der Waals surface area contributed by atoms with Crippen molar-refractivity contribution in [2.45, 2.75) is 18.4 Å². The molecule has 5 nitrogen and oxygen atoms in total. The van der Waals surface area contributed by atoms with Gasteiger partial charge >= 0.3 is 5.97 Å². The number of nitrogens with zero attached hydrogens (tertiary/aromatic N) is 1. The van der Waals surface area contributed by atoms with Crippen molar-refractivity contribution in [1.29, 1.82) is 0 Å². The standard InChI is InChI=1S/C23H14F5NO4S2/c1-11-14-4-2-3-5-16(14)34-22(11)29(10-15-17(24)19(26)21(28)20(27)18(15)25)35(32,33)13-8-6-12(7-9-13)23(30)31/h2-9H,10H2,1H3,(H,30,31). The maximum atomic E-state index is 14.5. The fourth-order valence-corrected chi connectivity index (χ4v) is 6.41. The van der Waals surface area contributed by atoms with E-state index in [1.165, 1.54) is 0 Å². The van der Waals surface area contributed by atoms with Crippen LogP contribution in [0.25, 0.3) is 10.1 Å². The van der Waals surface area contributed by atoms with Crippen LogP contribution in [0.2, 0.25) is 0 Å². The van der Waals surface area contributed by atoms with E-state index in [1.54, 1.807) is 31.2 Å². The number of hydrogen-bond donors (Lipinski definition) is 1. The summed E-state index contributed by atoms with van der Waals surface area (Å²) in [5.74, 6) is -12.4. The molecule has 4 aromatic rings. The van der Waals surface area contributed by atoms with Crippen LogP contribution in [-0.2, 0) is 16.6 Å². The van der Waals surface area contributed by atoms with Crippen molar-refractivity contribution in [2.24, 2.45) is 0 Å². The van der Waals surface area contributed by atoms with Crippen LogP contribution in [0.3, 0.4) is 0 Å². The molecule has 0 unspecified atom stereocenters. The summed E-state index contributed by atoms with van der Waals surface area (Å²) in [7, 11) is -4.66. The molecule has 0 saturated carbocycles. The summed E-state index contributed by atoms with van der Waals surface area (Å²) in [5, 5.41) is 9.70. The van der Waals surface area contributed by atoms with Crippen molar-refractivity contribution >= 4 is 42.4 Å². The number of rotatable bonds is 6. The number of benzene rings is 3. The van der Waals surface area contributed by atoms with E-state index in [1.807, 2.05) is 0 Å². The van der Waals surface area contributed by atoms with Crippen LogP contribution in [-0.4, -0.2) is 19.5 Å². The number of sulfonamides is 1. The normalized spacial score (nSPS) is 11.7. The predicted octanol–water partition coefficient (Wildman–Crippen LogP) is 6.00. The number of fused-ring (bicyclic) bond motifs is 1. The molecule has 35 heavy (non-hydrogen) atoms. The fourth-order valence-electron chi connectivity index (χ4n) is 3.49. The van der Waals surface area contributed by atoms with Gasteiger partial charge < -0.3 is 5.11 Å². The van der Waals surface area contributed by atoms with Crippen LogP contribution in [0, 0.1) is 36.0 Å². The van der Waals surface area contributed by atoms with Crippen LogP contribution in [0.5, 0.6) is 0 Å². The first-order valence-corrected chi connectivity index (χ1v) is 12.0. The molecule has 0 aliphatic rings. The lowest BCUT2D eigenvalue weighted by Gasteiger charge is -2.25. The lowest BCUT2D eigenvalue weighted by atomic mass is 10.1. The number of aryl methyl sites for hydroxylation is 1.